The van der Waals surface area contributed by atoms with Crippen molar-refractivity contribution in [1.82, 2.24) is 24.5 Å². The Bertz CT molecular complexity index is 2400. The Labute approximate surface area is 350 Å². The molecule has 0 aliphatic heterocycles. The quantitative estimate of drug-likeness (QED) is 0.0879. The molecule has 6 rings (SSSR count). The molecule has 3 aromatic heterocycles. The maximum Gasteiger partial charge on any atom is 0.435 e. The number of hydrogen-bond donors (Lipinski definition) is 3. The minimum Gasteiger partial charge on any atom is -0.598 e. The van der Waals surface area contributed by atoms with Crippen LogP contribution in [0.2, 0.25) is 0 Å². The van der Waals surface area contributed by atoms with Crippen LogP contribution in [0.1, 0.15) is 121 Å². The van der Waals surface area contributed by atoms with E-state index in [2.05, 4.69) is 20.1 Å². The standard InChI is InChI=1S/C44H51F4N7O4S/c1-40(2,3)35-22-27-12-14-30(24-31(27)37(51-35)54(39(57)58)41(4,5)6)55-34(25-36(52-55)44(46,47)48)38(56)50-33-23-29(13-15-32(33)45)43(19-16-26-10-11-26,28-17-20-49-21-18-28)53-60(59)42(7,8)9/h12-15,17-18,20-26,53H,10-11,16,19H2,1-9H3,(H,50,56)(H,57,58). The lowest BCUT2D eigenvalue weighted by atomic mass is 9.79. The van der Waals surface area contributed by atoms with Crippen LogP contribution >= 0.6 is 0 Å². The number of aromatic nitrogens is 4. The van der Waals surface area contributed by atoms with Crippen molar-refractivity contribution < 1.29 is 36.8 Å². The summed E-state index contributed by atoms with van der Waals surface area (Å²) in [6, 6.07) is 14.5. The lowest BCUT2D eigenvalue weighted by Crippen LogP contribution is -2.52. The molecule has 1 fully saturated rings. The second kappa shape index (κ2) is 16.1. The molecular weight excluding hydrogens is 799 g/mol. The van der Waals surface area contributed by atoms with Gasteiger partial charge in [-0.25, -0.2) is 18.9 Å². The van der Waals surface area contributed by atoms with Crippen LogP contribution in [0.5, 0.6) is 0 Å². The first-order valence-electron chi connectivity index (χ1n) is 19.7. The molecule has 1 aliphatic rings. The van der Waals surface area contributed by atoms with Crippen molar-refractivity contribution in [3.05, 3.63) is 107 Å². The Kier molecular flexibility index (Phi) is 11.9. The van der Waals surface area contributed by atoms with E-state index in [9.17, 15) is 32.4 Å². The first kappa shape index (κ1) is 44.5. The van der Waals surface area contributed by atoms with Crippen molar-refractivity contribution in [3.63, 3.8) is 0 Å². The maximum atomic E-state index is 15.8. The number of pyridine rings is 2. The van der Waals surface area contributed by atoms with E-state index in [0.717, 1.165) is 34.9 Å². The van der Waals surface area contributed by atoms with Crippen LogP contribution < -0.4 is 14.9 Å². The molecule has 2 amide bonds. The summed E-state index contributed by atoms with van der Waals surface area (Å²) in [5.74, 6) is -1.45. The topological polar surface area (TPSA) is 148 Å². The number of fused-ring (bicyclic) bond motifs is 1. The van der Waals surface area contributed by atoms with Gasteiger partial charge in [-0.2, -0.15) is 18.3 Å². The number of benzene rings is 2. The molecule has 320 valence electrons. The van der Waals surface area contributed by atoms with Gasteiger partial charge in [0, 0.05) is 51.9 Å². The highest BCUT2D eigenvalue weighted by Crippen LogP contribution is 2.43. The molecule has 16 heteroatoms. The third-order valence-corrected chi connectivity index (χ3v) is 12.1. The highest BCUT2D eigenvalue weighted by atomic mass is 32.2. The second-order valence-corrected chi connectivity index (χ2v) is 20.3. The van der Waals surface area contributed by atoms with Gasteiger partial charge in [0.2, 0.25) is 0 Å². The highest BCUT2D eigenvalue weighted by Gasteiger charge is 2.44. The van der Waals surface area contributed by atoms with Gasteiger partial charge in [0.1, 0.15) is 27.6 Å². The summed E-state index contributed by atoms with van der Waals surface area (Å²) in [6.45, 7) is 16.3. The van der Waals surface area contributed by atoms with Gasteiger partial charge in [0.25, 0.3) is 5.91 Å². The number of amides is 2. The van der Waals surface area contributed by atoms with Crippen molar-refractivity contribution in [2.24, 2.45) is 5.92 Å². The van der Waals surface area contributed by atoms with Crippen LogP contribution in [0, 0.1) is 11.7 Å². The molecule has 1 saturated carbocycles. The molecule has 1 aliphatic carbocycles. The van der Waals surface area contributed by atoms with E-state index < -0.39 is 68.0 Å². The number of carbonyl (C=O) groups excluding carboxylic acids is 1. The molecule has 2 atom stereocenters. The monoisotopic (exact) mass is 849 g/mol. The summed E-state index contributed by atoms with van der Waals surface area (Å²) in [7, 11) is 0. The molecule has 0 spiro atoms. The van der Waals surface area contributed by atoms with Crippen LogP contribution in [-0.2, 0) is 28.5 Å². The summed E-state index contributed by atoms with van der Waals surface area (Å²) in [6.07, 6.45) is 0.269. The molecule has 0 bridgehead atoms. The summed E-state index contributed by atoms with van der Waals surface area (Å²) >= 11 is -1.62. The Hall–Kier alpha value is -5.06. The summed E-state index contributed by atoms with van der Waals surface area (Å²) in [5.41, 5.74) is -3.14. The summed E-state index contributed by atoms with van der Waals surface area (Å²) < 4.78 is 76.1. The fraction of sp³-hybridized carbons (Fsp3) is 0.432. The molecule has 2 unspecified atom stereocenters. The van der Waals surface area contributed by atoms with Crippen LogP contribution in [0.25, 0.3) is 16.5 Å². The fourth-order valence-electron chi connectivity index (χ4n) is 6.95. The molecular formula is C44H51F4N7O4S. The van der Waals surface area contributed by atoms with E-state index in [4.69, 9.17) is 4.98 Å². The molecule has 11 nitrogen and oxygen atoms in total. The molecule has 5 aromatic rings. The number of carbonyl (C=O) groups is 2. The van der Waals surface area contributed by atoms with Gasteiger partial charge >= 0.3 is 12.3 Å². The Morgan fingerprint density at radius 1 is 0.900 bits per heavy atom. The number of anilines is 2. The van der Waals surface area contributed by atoms with E-state index in [1.165, 1.54) is 18.2 Å². The molecule has 60 heavy (non-hydrogen) atoms. The van der Waals surface area contributed by atoms with Gasteiger partial charge in [-0.15, -0.1) is 4.72 Å². The van der Waals surface area contributed by atoms with Gasteiger partial charge in [-0.3, -0.25) is 14.7 Å². The van der Waals surface area contributed by atoms with Crippen molar-refractivity contribution in [3.8, 4) is 5.69 Å². The zero-order chi connectivity index (χ0) is 44.2. The number of hydrogen-bond acceptors (Lipinski definition) is 7. The number of alkyl halides is 3. The Morgan fingerprint density at radius 3 is 2.13 bits per heavy atom. The zero-order valence-corrected chi connectivity index (χ0v) is 36.0. The third kappa shape index (κ3) is 9.45. The van der Waals surface area contributed by atoms with Crippen molar-refractivity contribution in [2.75, 3.05) is 10.2 Å². The molecule has 0 radical (unpaired) electrons. The highest BCUT2D eigenvalue weighted by molar-refractivity contribution is 7.90. The molecule has 3 N–H and O–H groups in total. The third-order valence-electron chi connectivity index (χ3n) is 10.4. The average Bonchev–Trinajstić information content (AvgIpc) is 3.86. The molecule has 0 saturated heterocycles. The van der Waals surface area contributed by atoms with E-state index >= 15 is 4.39 Å². The predicted octanol–water partition coefficient (Wildman–Crippen LogP) is 10.3. The number of rotatable bonds is 11. The lowest BCUT2D eigenvalue weighted by Gasteiger charge is -2.38. The Morgan fingerprint density at radius 2 is 1.57 bits per heavy atom. The predicted molar refractivity (Wildman–Crippen MR) is 225 cm³/mol. The van der Waals surface area contributed by atoms with Gasteiger partial charge in [0.05, 0.1) is 11.4 Å². The van der Waals surface area contributed by atoms with Gasteiger partial charge < -0.3 is 15.0 Å². The lowest BCUT2D eigenvalue weighted by molar-refractivity contribution is -0.141. The SMILES string of the molecule is CC(C)(C)c1cc2ccc(-n3nc(C(F)(F)F)cc3C(=O)Nc3cc(C(CCC4CC4)(N[S+]([O-])C(C)(C)C)c4ccncc4)ccc3F)cc2c(N(C(=O)O)C(C)(C)C)n1. The second-order valence-electron chi connectivity index (χ2n) is 18.4. The minimum absolute atomic E-state index is 0.00572. The van der Waals surface area contributed by atoms with E-state index in [0.29, 0.717) is 40.6 Å². The fourth-order valence-corrected chi connectivity index (χ4v) is 7.91. The van der Waals surface area contributed by atoms with Gasteiger partial charge in [0.15, 0.2) is 5.69 Å². The number of nitrogens with one attached hydrogen (secondary N) is 2. The van der Waals surface area contributed by atoms with Crippen molar-refractivity contribution >= 4 is 45.6 Å². The number of carboxylic acid groups (broad SMARTS) is 1. The van der Waals surface area contributed by atoms with Gasteiger partial charge in [-0.1, -0.05) is 45.7 Å². The smallest absolute Gasteiger partial charge is 0.435 e. The normalized spacial score (nSPS) is 15.4. The minimum atomic E-state index is -4.97. The van der Waals surface area contributed by atoms with Crippen LogP contribution in [0.15, 0.2) is 73.1 Å². The average molecular weight is 850 g/mol. The van der Waals surface area contributed by atoms with E-state index in [1.807, 2.05) is 41.5 Å². The van der Waals surface area contributed by atoms with Crippen LogP contribution in [0.3, 0.4) is 0 Å². The van der Waals surface area contributed by atoms with E-state index in [-0.39, 0.29) is 22.6 Å². The Balaban J connectivity index is 1.48. The molecule has 3 heterocycles. The zero-order valence-electron chi connectivity index (χ0n) is 35.2. The number of halogens is 4. The summed E-state index contributed by atoms with van der Waals surface area (Å²) in [4.78, 5) is 36.9. The largest absolute Gasteiger partial charge is 0.598 e. The first-order valence-corrected chi connectivity index (χ1v) is 20.8. The molecule has 2 aromatic carbocycles. The summed E-state index contributed by atoms with van der Waals surface area (Å²) in [5, 5.41) is 17.5. The van der Waals surface area contributed by atoms with Crippen molar-refractivity contribution in [1.29, 1.82) is 0 Å². The van der Waals surface area contributed by atoms with Crippen molar-refractivity contribution in [2.45, 2.75) is 115 Å². The van der Waals surface area contributed by atoms with E-state index in [1.54, 1.807) is 63.5 Å². The van der Waals surface area contributed by atoms with Crippen LogP contribution in [0.4, 0.5) is 33.9 Å². The van der Waals surface area contributed by atoms with Gasteiger partial charge in [-0.05, 0) is 119 Å². The van der Waals surface area contributed by atoms with Crippen LogP contribution in [-0.4, -0.2) is 51.7 Å². The first-order chi connectivity index (χ1) is 27.8. The number of nitrogens with zero attached hydrogens (tertiary/aromatic N) is 5. The maximum absolute atomic E-state index is 15.8.